The number of hydrogen-bond donors (Lipinski definition) is 1. The van der Waals surface area contributed by atoms with Gasteiger partial charge in [0.1, 0.15) is 0 Å². The van der Waals surface area contributed by atoms with Crippen LogP contribution in [0.25, 0.3) is 0 Å². The molecule has 0 aromatic heterocycles. The van der Waals surface area contributed by atoms with E-state index in [4.69, 9.17) is 0 Å². The van der Waals surface area contributed by atoms with Crippen LogP contribution in [0.2, 0.25) is 0 Å². The molecule has 1 heterocycles. The van der Waals surface area contributed by atoms with Gasteiger partial charge in [0, 0.05) is 13.0 Å². The van der Waals surface area contributed by atoms with Crippen LogP contribution in [0.1, 0.15) is 74.6 Å². The summed E-state index contributed by atoms with van der Waals surface area (Å²) in [6, 6.07) is 6.58. The van der Waals surface area contributed by atoms with Crippen molar-refractivity contribution < 1.29 is 9.59 Å². The number of amides is 2. The standard InChI is InChI=1S/C21H30N2O2/c1-16(18-12-11-17-8-5-6-9-19(17)14-18)22-20(24)15-23-13-7-3-2-4-10-21(23)25/h11-12,14,16H,2-10,13,15H2,1H3,(H,22,24). The van der Waals surface area contributed by atoms with Crippen molar-refractivity contribution in [1.29, 1.82) is 0 Å². The molecule has 136 valence electrons. The number of fused-ring (bicyclic) bond motifs is 1. The van der Waals surface area contributed by atoms with Crippen LogP contribution < -0.4 is 5.32 Å². The topological polar surface area (TPSA) is 49.4 Å². The molecule has 1 fully saturated rings. The lowest BCUT2D eigenvalue weighted by molar-refractivity contribution is -0.136. The van der Waals surface area contributed by atoms with E-state index in [0.717, 1.165) is 37.7 Å². The second-order valence-corrected chi connectivity index (χ2v) is 7.50. The number of nitrogens with zero attached hydrogens (tertiary/aromatic N) is 1. The zero-order valence-corrected chi connectivity index (χ0v) is 15.4. The summed E-state index contributed by atoms with van der Waals surface area (Å²) >= 11 is 0. The molecule has 2 aliphatic rings. The van der Waals surface area contributed by atoms with Crippen molar-refractivity contribution in [1.82, 2.24) is 10.2 Å². The van der Waals surface area contributed by atoms with Crippen molar-refractivity contribution in [2.45, 2.75) is 70.8 Å². The minimum Gasteiger partial charge on any atom is -0.348 e. The first-order valence-corrected chi connectivity index (χ1v) is 9.82. The third-order valence-corrected chi connectivity index (χ3v) is 5.51. The summed E-state index contributed by atoms with van der Waals surface area (Å²) in [6.07, 6.45) is 9.66. The van der Waals surface area contributed by atoms with Gasteiger partial charge in [-0.2, -0.15) is 0 Å². The van der Waals surface area contributed by atoms with Gasteiger partial charge in [-0.05, 0) is 62.1 Å². The summed E-state index contributed by atoms with van der Waals surface area (Å²) in [4.78, 5) is 26.3. The monoisotopic (exact) mass is 342 g/mol. The van der Waals surface area contributed by atoms with Crippen LogP contribution >= 0.6 is 0 Å². The molecule has 4 heteroatoms. The number of nitrogens with one attached hydrogen (secondary N) is 1. The number of rotatable bonds is 4. The fraction of sp³-hybridized carbons (Fsp3) is 0.619. The normalized spacial score (nSPS) is 19.6. The first-order chi connectivity index (χ1) is 12.1. The number of carbonyl (C=O) groups excluding carboxylic acids is 2. The molecule has 4 nitrogen and oxygen atoms in total. The Morgan fingerprint density at radius 2 is 1.76 bits per heavy atom. The van der Waals surface area contributed by atoms with Crippen molar-refractivity contribution in [3.63, 3.8) is 0 Å². The Morgan fingerprint density at radius 3 is 2.60 bits per heavy atom. The van der Waals surface area contributed by atoms with Gasteiger partial charge in [-0.1, -0.05) is 31.0 Å². The molecular weight excluding hydrogens is 312 g/mol. The van der Waals surface area contributed by atoms with Crippen LogP contribution in [-0.4, -0.2) is 29.8 Å². The van der Waals surface area contributed by atoms with Gasteiger partial charge in [0.25, 0.3) is 0 Å². The van der Waals surface area contributed by atoms with Crippen LogP contribution in [0.15, 0.2) is 18.2 Å². The molecule has 0 spiro atoms. The van der Waals surface area contributed by atoms with Gasteiger partial charge in [0.15, 0.2) is 0 Å². The fourth-order valence-corrected chi connectivity index (χ4v) is 3.95. The van der Waals surface area contributed by atoms with Crippen molar-refractivity contribution in [2.24, 2.45) is 0 Å². The third kappa shape index (κ3) is 4.83. The first-order valence-electron chi connectivity index (χ1n) is 9.82. The Balaban J connectivity index is 1.57. The smallest absolute Gasteiger partial charge is 0.240 e. The number of carbonyl (C=O) groups is 2. The molecule has 1 atom stereocenters. The fourth-order valence-electron chi connectivity index (χ4n) is 3.95. The molecule has 0 radical (unpaired) electrons. The highest BCUT2D eigenvalue weighted by Crippen LogP contribution is 2.24. The van der Waals surface area contributed by atoms with Crippen LogP contribution in [-0.2, 0) is 22.4 Å². The minimum absolute atomic E-state index is 0.0235. The molecule has 0 saturated carbocycles. The Labute approximate surface area is 151 Å². The maximum Gasteiger partial charge on any atom is 0.240 e. The second-order valence-electron chi connectivity index (χ2n) is 7.50. The van der Waals surface area contributed by atoms with Crippen LogP contribution in [0.4, 0.5) is 0 Å². The van der Waals surface area contributed by atoms with E-state index in [2.05, 4.69) is 23.5 Å². The molecule has 1 unspecified atom stereocenters. The average molecular weight is 342 g/mol. The van der Waals surface area contributed by atoms with Crippen LogP contribution in [0.3, 0.4) is 0 Å². The summed E-state index contributed by atoms with van der Waals surface area (Å²) in [5, 5.41) is 3.07. The largest absolute Gasteiger partial charge is 0.348 e. The molecule has 1 aromatic rings. The van der Waals surface area contributed by atoms with E-state index in [1.165, 1.54) is 30.4 Å². The summed E-state index contributed by atoms with van der Waals surface area (Å²) < 4.78 is 0. The van der Waals surface area contributed by atoms with E-state index in [9.17, 15) is 9.59 Å². The van der Waals surface area contributed by atoms with Crippen molar-refractivity contribution in [3.05, 3.63) is 34.9 Å². The van der Waals surface area contributed by atoms with Gasteiger partial charge in [-0.15, -0.1) is 0 Å². The van der Waals surface area contributed by atoms with E-state index in [0.29, 0.717) is 13.0 Å². The van der Waals surface area contributed by atoms with Crippen molar-refractivity contribution >= 4 is 11.8 Å². The molecule has 2 amide bonds. The number of aryl methyl sites for hydroxylation is 2. The molecule has 25 heavy (non-hydrogen) atoms. The van der Waals surface area contributed by atoms with E-state index >= 15 is 0 Å². The lowest BCUT2D eigenvalue weighted by atomic mass is 9.89. The van der Waals surface area contributed by atoms with E-state index in [1.54, 1.807) is 4.90 Å². The molecule has 1 N–H and O–H groups in total. The van der Waals surface area contributed by atoms with Gasteiger partial charge in [0.05, 0.1) is 12.6 Å². The quantitative estimate of drug-likeness (QED) is 0.910. The van der Waals surface area contributed by atoms with Crippen LogP contribution in [0, 0.1) is 0 Å². The second kappa shape index (κ2) is 8.50. The zero-order chi connectivity index (χ0) is 17.6. The number of likely N-dealkylation sites (tertiary alicyclic amines) is 1. The number of benzene rings is 1. The highest BCUT2D eigenvalue weighted by Gasteiger charge is 2.20. The maximum absolute atomic E-state index is 12.4. The van der Waals surface area contributed by atoms with Crippen molar-refractivity contribution in [2.75, 3.05) is 13.1 Å². The highest BCUT2D eigenvalue weighted by molar-refractivity contribution is 5.85. The summed E-state index contributed by atoms with van der Waals surface area (Å²) in [7, 11) is 0. The van der Waals surface area contributed by atoms with E-state index in [-0.39, 0.29) is 24.4 Å². The van der Waals surface area contributed by atoms with E-state index in [1.807, 2.05) is 6.92 Å². The maximum atomic E-state index is 12.4. The lowest BCUT2D eigenvalue weighted by Gasteiger charge is -2.25. The zero-order valence-electron chi connectivity index (χ0n) is 15.4. The Kier molecular flexibility index (Phi) is 6.11. The summed E-state index contributed by atoms with van der Waals surface area (Å²) in [5.41, 5.74) is 4.05. The summed E-state index contributed by atoms with van der Waals surface area (Å²) in [5.74, 6) is 0.0652. The highest BCUT2D eigenvalue weighted by atomic mass is 16.2. The predicted molar refractivity (Wildman–Crippen MR) is 99.3 cm³/mol. The first kappa shape index (κ1) is 18.0. The van der Waals surface area contributed by atoms with Gasteiger partial charge in [0.2, 0.25) is 11.8 Å². The predicted octanol–water partition coefficient (Wildman–Crippen LogP) is 3.54. The lowest BCUT2D eigenvalue weighted by Crippen LogP contribution is -2.42. The van der Waals surface area contributed by atoms with Gasteiger partial charge >= 0.3 is 0 Å². The Bertz CT molecular complexity index is 626. The van der Waals surface area contributed by atoms with E-state index < -0.39 is 0 Å². The average Bonchev–Trinajstić information content (AvgIpc) is 2.61. The molecule has 1 saturated heterocycles. The van der Waals surface area contributed by atoms with Gasteiger partial charge < -0.3 is 10.2 Å². The molecule has 3 rings (SSSR count). The molecular formula is C21H30N2O2. The Morgan fingerprint density at radius 1 is 1.04 bits per heavy atom. The van der Waals surface area contributed by atoms with Crippen molar-refractivity contribution in [3.8, 4) is 0 Å². The molecule has 1 aliphatic carbocycles. The molecule has 0 bridgehead atoms. The third-order valence-electron chi connectivity index (χ3n) is 5.51. The molecule has 1 aromatic carbocycles. The van der Waals surface area contributed by atoms with Gasteiger partial charge in [-0.25, -0.2) is 0 Å². The Hall–Kier alpha value is -1.84. The minimum atomic E-state index is -0.0563. The molecule has 1 aliphatic heterocycles. The SMILES string of the molecule is CC(NC(=O)CN1CCCCCCC1=O)c1ccc2c(c1)CCCC2. The number of hydrogen-bond acceptors (Lipinski definition) is 2. The summed E-state index contributed by atoms with van der Waals surface area (Å²) in [6.45, 7) is 2.92. The van der Waals surface area contributed by atoms with Gasteiger partial charge in [-0.3, -0.25) is 9.59 Å². The van der Waals surface area contributed by atoms with Crippen LogP contribution in [0.5, 0.6) is 0 Å².